The number of nitrogens with zero attached hydrogens (tertiary/aromatic N) is 1. The third-order valence-corrected chi connectivity index (χ3v) is 4.09. The lowest BCUT2D eigenvalue weighted by Crippen LogP contribution is -2.24. The molecular weight excluding hydrogens is 201 g/mol. The Morgan fingerprint density at radius 1 is 1.36 bits per heavy atom. The predicted molar refractivity (Wildman–Crippen MR) is 58.4 cm³/mol. The summed E-state index contributed by atoms with van der Waals surface area (Å²) in [7, 11) is -1.62. The summed E-state index contributed by atoms with van der Waals surface area (Å²) >= 11 is 0. The van der Waals surface area contributed by atoms with Crippen LogP contribution >= 0.6 is 7.75 Å². The largest absolute Gasteiger partial charge is 0.408 e. The highest BCUT2D eigenvalue weighted by molar-refractivity contribution is 7.51. The van der Waals surface area contributed by atoms with Crippen LogP contribution in [0, 0.1) is 0 Å². The fourth-order valence-corrected chi connectivity index (χ4v) is 2.98. The molecule has 0 aromatic carbocycles. The van der Waals surface area contributed by atoms with Gasteiger partial charge in [0.05, 0.1) is 6.10 Å². The molecule has 0 aromatic rings. The van der Waals surface area contributed by atoms with E-state index in [1.165, 1.54) is 7.11 Å². The van der Waals surface area contributed by atoms with Gasteiger partial charge in [0.2, 0.25) is 0 Å². The Labute approximate surface area is 87.2 Å². The normalized spacial score (nSPS) is 16.2. The van der Waals surface area contributed by atoms with Crippen LogP contribution in [0.4, 0.5) is 0 Å². The van der Waals surface area contributed by atoms with Crippen molar-refractivity contribution in [3.8, 4) is 0 Å². The second-order valence-corrected chi connectivity index (χ2v) is 5.43. The summed E-state index contributed by atoms with van der Waals surface area (Å²) < 4.78 is 24.3. The van der Waals surface area contributed by atoms with Crippen molar-refractivity contribution in [3.63, 3.8) is 0 Å². The molecule has 4 nitrogen and oxygen atoms in total. The highest BCUT2D eigenvalue weighted by Crippen LogP contribution is 2.51. The van der Waals surface area contributed by atoms with Gasteiger partial charge in [-0.2, -0.15) is 0 Å². The SMILES string of the molecule is CCCN(CC)P(=O)(OC)OC(C)C. The van der Waals surface area contributed by atoms with Gasteiger partial charge in [-0.3, -0.25) is 9.05 Å². The van der Waals surface area contributed by atoms with Crippen LogP contribution in [0.2, 0.25) is 0 Å². The second kappa shape index (κ2) is 6.57. The van der Waals surface area contributed by atoms with Gasteiger partial charge < -0.3 is 0 Å². The van der Waals surface area contributed by atoms with Gasteiger partial charge in [-0.05, 0) is 20.3 Å². The Bertz CT molecular complexity index is 196. The molecule has 0 N–H and O–H groups in total. The van der Waals surface area contributed by atoms with Crippen LogP contribution in [-0.2, 0) is 13.6 Å². The van der Waals surface area contributed by atoms with E-state index in [2.05, 4.69) is 0 Å². The van der Waals surface area contributed by atoms with E-state index in [1.54, 1.807) is 4.67 Å². The molecule has 0 saturated heterocycles. The fraction of sp³-hybridized carbons (Fsp3) is 1.00. The Kier molecular flexibility index (Phi) is 6.62. The van der Waals surface area contributed by atoms with Crippen molar-refractivity contribution in [3.05, 3.63) is 0 Å². The van der Waals surface area contributed by atoms with Crippen LogP contribution in [0.5, 0.6) is 0 Å². The summed E-state index contributed by atoms with van der Waals surface area (Å²) in [4.78, 5) is 0. The lowest BCUT2D eigenvalue weighted by atomic mass is 10.5. The molecule has 0 fully saturated rings. The summed E-state index contributed by atoms with van der Waals surface area (Å²) in [6.07, 6.45) is 0.842. The van der Waals surface area contributed by atoms with Crippen molar-refractivity contribution in [2.75, 3.05) is 20.2 Å². The van der Waals surface area contributed by atoms with Gasteiger partial charge in [-0.1, -0.05) is 13.8 Å². The Hall–Kier alpha value is 0.110. The summed E-state index contributed by atoms with van der Waals surface area (Å²) in [6.45, 7) is 9.10. The molecule has 0 aliphatic heterocycles. The quantitative estimate of drug-likeness (QED) is 0.622. The first-order chi connectivity index (χ1) is 6.50. The minimum atomic E-state index is -3.05. The van der Waals surface area contributed by atoms with Gasteiger partial charge in [-0.25, -0.2) is 9.24 Å². The zero-order valence-corrected chi connectivity index (χ0v) is 10.7. The van der Waals surface area contributed by atoms with Crippen molar-refractivity contribution in [1.82, 2.24) is 4.67 Å². The van der Waals surface area contributed by atoms with E-state index >= 15 is 0 Å². The van der Waals surface area contributed by atoms with Crippen molar-refractivity contribution < 1.29 is 13.6 Å². The van der Waals surface area contributed by atoms with E-state index in [9.17, 15) is 4.57 Å². The molecule has 0 radical (unpaired) electrons. The molecule has 1 unspecified atom stereocenters. The standard InChI is InChI=1S/C9H22NO3P/c1-6-8-10(7-2)14(11,12-5)13-9(3)4/h9H,6-8H2,1-5H3. The predicted octanol–water partition coefficient (Wildman–Crippen LogP) is 2.90. The van der Waals surface area contributed by atoms with Crippen LogP contribution in [-0.4, -0.2) is 31.0 Å². The molecule has 0 rings (SSSR count). The maximum Gasteiger partial charge on any atom is 0.408 e. The van der Waals surface area contributed by atoms with Crippen LogP contribution in [0.1, 0.15) is 34.1 Å². The lowest BCUT2D eigenvalue weighted by Gasteiger charge is -2.28. The van der Waals surface area contributed by atoms with E-state index in [0.29, 0.717) is 6.54 Å². The summed E-state index contributed by atoms with van der Waals surface area (Å²) in [5.41, 5.74) is 0. The van der Waals surface area contributed by atoms with Crippen molar-refractivity contribution >= 4 is 7.75 Å². The van der Waals surface area contributed by atoms with Crippen LogP contribution in [0.15, 0.2) is 0 Å². The Morgan fingerprint density at radius 3 is 2.21 bits per heavy atom. The van der Waals surface area contributed by atoms with Gasteiger partial charge >= 0.3 is 7.75 Å². The van der Waals surface area contributed by atoms with E-state index in [-0.39, 0.29) is 6.10 Å². The average molecular weight is 223 g/mol. The zero-order valence-electron chi connectivity index (χ0n) is 9.82. The van der Waals surface area contributed by atoms with Crippen molar-refractivity contribution in [1.29, 1.82) is 0 Å². The molecule has 0 amide bonds. The highest BCUT2D eigenvalue weighted by atomic mass is 31.2. The molecule has 0 aromatic heterocycles. The highest BCUT2D eigenvalue weighted by Gasteiger charge is 2.31. The summed E-state index contributed by atoms with van der Waals surface area (Å²) in [5.74, 6) is 0. The molecule has 0 aliphatic carbocycles. The molecule has 0 heterocycles. The molecule has 0 saturated carbocycles. The molecule has 0 aliphatic rings. The molecule has 0 bridgehead atoms. The number of hydrogen-bond donors (Lipinski definition) is 0. The van der Waals surface area contributed by atoms with E-state index in [4.69, 9.17) is 9.05 Å². The zero-order chi connectivity index (χ0) is 11.2. The maximum atomic E-state index is 12.2. The van der Waals surface area contributed by atoms with Crippen molar-refractivity contribution in [2.24, 2.45) is 0 Å². The van der Waals surface area contributed by atoms with Gasteiger partial charge in [0.1, 0.15) is 0 Å². The lowest BCUT2D eigenvalue weighted by molar-refractivity contribution is 0.146. The first kappa shape index (κ1) is 14.1. The first-order valence-electron chi connectivity index (χ1n) is 5.09. The van der Waals surface area contributed by atoms with E-state index in [1.807, 2.05) is 27.7 Å². The van der Waals surface area contributed by atoms with Crippen LogP contribution < -0.4 is 0 Å². The summed E-state index contributed by atoms with van der Waals surface area (Å²) in [6, 6.07) is 0. The third kappa shape index (κ3) is 4.09. The summed E-state index contributed by atoms with van der Waals surface area (Å²) in [5, 5.41) is 0. The molecule has 5 heteroatoms. The van der Waals surface area contributed by atoms with Crippen LogP contribution in [0.3, 0.4) is 0 Å². The van der Waals surface area contributed by atoms with E-state index in [0.717, 1.165) is 13.0 Å². The first-order valence-corrected chi connectivity index (χ1v) is 6.59. The molecule has 86 valence electrons. The Balaban J connectivity index is 4.53. The van der Waals surface area contributed by atoms with Gasteiger partial charge in [0.15, 0.2) is 0 Å². The smallest absolute Gasteiger partial charge is 0.300 e. The minimum Gasteiger partial charge on any atom is -0.300 e. The van der Waals surface area contributed by atoms with Gasteiger partial charge in [0, 0.05) is 20.2 Å². The monoisotopic (exact) mass is 223 g/mol. The van der Waals surface area contributed by atoms with Crippen LogP contribution in [0.25, 0.3) is 0 Å². The number of rotatable bonds is 7. The van der Waals surface area contributed by atoms with Crippen molar-refractivity contribution in [2.45, 2.75) is 40.2 Å². The number of hydrogen-bond acceptors (Lipinski definition) is 3. The molecule has 0 spiro atoms. The molecular formula is C9H22NO3P. The molecule has 14 heavy (non-hydrogen) atoms. The minimum absolute atomic E-state index is 0.0910. The fourth-order valence-electron chi connectivity index (χ4n) is 1.20. The van der Waals surface area contributed by atoms with Gasteiger partial charge in [-0.15, -0.1) is 0 Å². The third-order valence-electron chi connectivity index (χ3n) is 1.77. The second-order valence-electron chi connectivity index (χ2n) is 3.35. The molecule has 1 atom stereocenters. The Morgan fingerprint density at radius 2 is 1.93 bits per heavy atom. The van der Waals surface area contributed by atoms with Gasteiger partial charge in [0.25, 0.3) is 0 Å². The maximum absolute atomic E-state index is 12.2. The van der Waals surface area contributed by atoms with E-state index < -0.39 is 7.75 Å². The average Bonchev–Trinajstić information content (AvgIpc) is 2.12. The topological polar surface area (TPSA) is 38.8 Å².